The molecule has 1 amide bonds. The fourth-order valence-corrected chi connectivity index (χ4v) is 1.56. The molecular formula is C15H24N2O2. The van der Waals surface area contributed by atoms with E-state index in [1.165, 1.54) is 0 Å². The Balaban J connectivity index is 2.58. The number of carbonyl (C=O) groups is 1. The standard InChI is InChI=1S/C15H24N2O2/c1-5-14(19)17-12-8-6-11(7-9-12)13(18)10-16-15(2,3)4/h6-9,13,16,18H,5,10H2,1-4H3,(H,17,19). The average molecular weight is 264 g/mol. The monoisotopic (exact) mass is 264 g/mol. The van der Waals surface area contributed by atoms with Crippen LogP contribution in [0.4, 0.5) is 5.69 Å². The Morgan fingerprint density at radius 1 is 1.26 bits per heavy atom. The summed E-state index contributed by atoms with van der Waals surface area (Å²) in [5.74, 6) is -0.0114. The molecule has 0 radical (unpaired) electrons. The molecule has 0 aliphatic rings. The normalized spacial score (nSPS) is 13.1. The van der Waals surface area contributed by atoms with Crippen molar-refractivity contribution in [1.82, 2.24) is 5.32 Å². The van der Waals surface area contributed by atoms with E-state index in [0.717, 1.165) is 11.3 Å². The summed E-state index contributed by atoms with van der Waals surface area (Å²) in [5, 5.41) is 16.1. The number of nitrogens with one attached hydrogen (secondary N) is 2. The molecule has 0 spiro atoms. The van der Waals surface area contributed by atoms with E-state index in [-0.39, 0.29) is 11.4 Å². The number of rotatable bonds is 5. The average Bonchev–Trinajstić information content (AvgIpc) is 2.36. The highest BCUT2D eigenvalue weighted by atomic mass is 16.3. The first kappa shape index (κ1) is 15.7. The van der Waals surface area contributed by atoms with Crippen LogP contribution in [0.3, 0.4) is 0 Å². The smallest absolute Gasteiger partial charge is 0.224 e. The molecule has 0 bridgehead atoms. The predicted octanol–water partition coefficient (Wildman–Crippen LogP) is 2.46. The van der Waals surface area contributed by atoms with E-state index >= 15 is 0 Å². The summed E-state index contributed by atoms with van der Waals surface area (Å²) in [6, 6.07) is 7.28. The van der Waals surface area contributed by atoms with Crippen LogP contribution in [-0.4, -0.2) is 23.1 Å². The minimum Gasteiger partial charge on any atom is -0.387 e. The molecule has 4 nitrogen and oxygen atoms in total. The Morgan fingerprint density at radius 3 is 2.32 bits per heavy atom. The van der Waals surface area contributed by atoms with E-state index in [1.54, 1.807) is 0 Å². The molecule has 1 atom stereocenters. The molecule has 4 heteroatoms. The third kappa shape index (κ3) is 5.85. The lowest BCUT2D eigenvalue weighted by molar-refractivity contribution is -0.115. The fourth-order valence-electron chi connectivity index (χ4n) is 1.56. The van der Waals surface area contributed by atoms with Crippen LogP contribution >= 0.6 is 0 Å². The third-order valence-corrected chi connectivity index (χ3v) is 2.73. The molecule has 1 rings (SSSR count). The lowest BCUT2D eigenvalue weighted by Crippen LogP contribution is -2.38. The van der Waals surface area contributed by atoms with E-state index in [9.17, 15) is 9.90 Å². The summed E-state index contributed by atoms with van der Waals surface area (Å²) in [5.41, 5.74) is 1.58. The number of aliphatic hydroxyl groups excluding tert-OH is 1. The molecule has 0 fully saturated rings. The van der Waals surface area contributed by atoms with E-state index < -0.39 is 6.10 Å². The quantitative estimate of drug-likeness (QED) is 0.765. The number of β-amino-alcohol motifs (C(OH)–C–C–N with tert-alkyl or cyclic N) is 1. The molecule has 1 unspecified atom stereocenters. The third-order valence-electron chi connectivity index (χ3n) is 2.73. The van der Waals surface area contributed by atoms with Crippen molar-refractivity contribution in [2.24, 2.45) is 0 Å². The van der Waals surface area contributed by atoms with Gasteiger partial charge in [0.1, 0.15) is 0 Å². The van der Waals surface area contributed by atoms with Crippen LogP contribution in [0.25, 0.3) is 0 Å². The highest BCUT2D eigenvalue weighted by Gasteiger charge is 2.13. The van der Waals surface area contributed by atoms with Gasteiger partial charge in [-0.1, -0.05) is 19.1 Å². The molecule has 0 aromatic heterocycles. The first-order chi connectivity index (χ1) is 8.81. The molecule has 0 aliphatic carbocycles. The molecule has 0 heterocycles. The molecule has 19 heavy (non-hydrogen) atoms. The number of carbonyl (C=O) groups excluding carboxylic acids is 1. The van der Waals surface area contributed by atoms with Gasteiger partial charge >= 0.3 is 0 Å². The van der Waals surface area contributed by atoms with Crippen LogP contribution in [0.15, 0.2) is 24.3 Å². The molecule has 0 saturated heterocycles. The summed E-state index contributed by atoms with van der Waals surface area (Å²) >= 11 is 0. The summed E-state index contributed by atoms with van der Waals surface area (Å²) in [4.78, 5) is 11.2. The fraction of sp³-hybridized carbons (Fsp3) is 0.533. The van der Waals surface area contributed by atoms with Crippen molar-refractivity contribution in [1.29, 1.82) is 0 Å². The largest absolute Gasteiger partial charge is 0.387 e. The number of anilines is 1. The maximum Gasteiger partial charge on any atom is 0.224 e. The van der Waals surface area contributed by atoms with E-state index in [0.29, 0.717) is 13.0 Å². The molecule has 1 aromatic rings. The molecule has 0 saturated carbocycles. The number of aliphatic hydroxyl groups is 1. The van der Waals surface area contributed by atoms with Gasteiger partial charge < -0.3 is 15.7 Å². The summed E-state index contributed by atoms with van der Waals surface area (Å²) in [6.07, 6.45) is -0.0879. The van der Waals surface area contributed by atoms with Crippen molar-refractivity contribution in [3.8, 4) is 0 Å². The Bertz CT molecular complexity index is 407. The lowest BCUT2D eigenvalue weighted by Gasteiger charge is -2.23. The van der Waals surface area contributed by atoms with E-state index in [2.05, 4.69) is 31.4 Å². The number of hydrogen-bond donors (Lipinski definition) is 3. The predicted molar refractivity (Wildman–Crippen MR) is 78.1 cm³/mol. The second kappa shape index (κ2) is 6.68. The van der Waals surface area contributed by atoms with Gasteiger partial charge in [-0.3, -0.25) is 4.79 Å². The van der Waals surface area contributed by atoms with E-state index in [1.807, 2.05) is 31.2 Å². The SMILES string of the molecule is CCC(=O)Nc1ccc(C(O)CNC(C)(C)C)cc1. The Kier molecular flexibility index (Phi) is 5.51. The minimum atomic E-state index is -0.546. The zero-order valence-corrected chi connectivity index (χ0v) is 12.2. The zero-order chi connectivity index (χ0) is 14.5. The maximum absolute atomic E-state index is 11.2. The van der Waals surface area contributed by atoms with Crippen molar-refractivity contribution in [3.63, 3.8) is 0 Å². The van der Waals surface area contributed by atoms with Gasteiger partial charge in [-0.15, -0.1) is 0 Å². The van der Waals surface area contributed by atoms with Gasteiger partial charge in [-0.2, -0.15) is 0 Å². The van der Waals surface area contributed by atoms with Crippen molar-refractivity contribution >= 4 is 11.6 Å². The van der Waals surface area contributed by atoms with Gasteiger partial charge in [0.05, 0.1) is 6.10 Å². The zero-order valence-electron chi connectivity index (χ0n) is 12.2. The number of hydrogen-bond acceptors (Lipinski definition) is 3. The lowest BCUT2D eigenvalue weighted by atomic mass is 10.1. The van der Waals surface area contributed by atoms with Crippen LogP contribution in [0, 0.1) is 0 Å². The van der Waals surface area contributed by atoms with Gasteiger partial charge in [0, 0.05) is 24.2 Å². The number of benzene rings is 1. The molecule has 0 aliphatic heterocycles. The topological polar surface area (TPSA) is 61.4 Å². The molecule has 3 N–H and O–H groups in total. The van der Waals surface area contributed by atoms with Crippen molar-refractivity contribution in [2.75, 3.05) is 11.9 Å². The van der Waals surface area contributed by atoms with Crippen LogP contribution in [0.2, 0.25) is 0 Å². The highest BCUT2D eigenvalue weighted by molar-refractivity contribution is 5.90. The van der Waals surface area contributed by atoms with Gasteiger partial charge in [0.25, 0.3) is 0 Å². The van der Waals surface area contributed by atoms with E-state index in [4.69, 9.17) is 0 Å². The van der Waals surface area contributed by atoms with Gasteiger partial charge in [-0.25, -0.2) is 0 Å². The number of amides is 1. The van der Waals surface area contributed by atoms with Gasteiger partial charge in [0.2, 0.25) is 5.91 Å². The maximum atomic E-state index is 11.2. The Morgan fingerprint density at radius 2 is 1.84 bits per heavy atom. The van der Waals surface area contributed by atoms with Crippen LogP contribution in [0.1, 0.15) is 45.8 Å². The van der Waals surface area contributed by atoms with Crippen LogP contribution < -0.4 is 10.6 Å². The van der Waals surface area contributed by atoms with Gasteiger partial charge in [-0.05, 0) is 38.5 Å². The minimum absolute atomic E-state index is 0.0114. The Hall–Kier alpha value is -1.39. The first-order valence-electron chi connectivity index (χ1n) is 6.64. The van der Waals surface area contributed by atoms with Crippen molar-refractivity contribution in [3.05, 3.63) is 29.8 Å². The van der Waals surface area contributed by atoms with Crippen molar-refractivity contribution < 1.29 is 9.90 Å². The second-order valence-corrected chi connectivity index (χ2v) is 5.67. The van der Waals surface area contributed by atoms with Crippen LogP contribution in [0.5, 0.6) is 0 Å². The molecule has 106 valence electrons. The first-order valence-corrected chi connectivity index (χ1v) is 6.64. The van der Waals surface area contributed by atoms with Gasteiger partial charge in [0.15, 0.2) is 0 Å². The highest BCUT2D eigenvalue weighted by Crippen LogP contribution is 2.16. The molecule has 1 aromatic carbocycles. The summed E-state index contributed by atoms with van der Waals surface area (Å²) < 4.78 is 0. The molecular weight excluding hydrogens is 240 g/mol. The Labute approximate surface area is 115 Å². The van der Waals surface area contributed by atoms with Crippen molar-refractivity contribution in [2.45, 2.75) is 45.8 Å². The second-order valence-electron chi connectivity index (χ2n) is 5.67. The summed E-state index contributed by atoms with van der Waals surface area (Å²) in [6.45, 7) is 8.49. The van der Waals surface area contributed by atoms with Crippen LogP contribution in [-0.2, 0) is 4.79 Å². The summed E-state index contributed by atoms with van der Waals surface area (Å²) in [7, 11) is 0.